The minimum absolute atomic E-state index is 0.126. The molecule has 0 N–H and O–H groups in total. The van der Waals surface area contributed by atoms with Gasteiger partial charge in [-0.05, 0) is 97.1 Å². The maximum Gasteiger partial charge on any atom is 0.0733 e. The number of benzene rings is 8. The Bertz CT molecular complexity index is 2590. The average molecular weight is 678 g/mol. The van der Waals surface area contributed by atoms with E-state index >= 15 is 0 Å². The first-order valence-electron chi connectivity index (χ1n) is 18.6. The van der Waals surface area contributed by atoms with Gasteiger partial charge in [-0.3, -0.25) is 0 Å². The van der Waals surface area contributed by atoms with Gasteiger partial charge in [0, 0.05) is 16.8 Å². The van der Waals surface area contributed by atoms with Crippen molar-refractivity contribution in [2.45, 2.75) is 24.7 Å². The summed E-state index contributed by atoms with van der Waals surface area (Å²) in [7, 11) is 0. The summed E-state index contributed by atoms with van der Waals surface area (Å²) in [6.07, 6.45) is 0. The monoisotopic (exact) mass is 677 g/mol. The number of fused-ring (bicyclic) bond motifs is 6. The van der Waals surface area contributed by atoms with E-state index in [2.05, 4.69) is 219 Å². The summed E-state index contributed by atoms with van der Waals surface area (Å²) >= 11 is 0. The molecule has 0 bridgehead atoms. The zero-order valence-electron chi connectivity index (χ0n) is 30.0. The first kappa shape index (κ1) is 31.3. The maximum atomic E-state index is 2.50. The molecular formula is C52H39N. The highest BCUT2D eigenvalue weighted by molar-refractivity contribution is 5.91. The van der Waals surface area contributed by atoms with Crippen molar-refractivity contribution in [2.24, 2.45) is 0 Å². The smallest absolute Gasteiger partial charge is 0.0733 e. The van der Waals surface area contributed by atoms with E-state index < -0.39 is 5.41 Å². The van der Waals surface area contributed by atoms with Crippen LogP contribution in [0.5, 0.6) is 0 Å². The predicted molar refractivity (Wildman–Crippen MR) is 221 cm³/mol. The Morgan fingerprint density at radius 2 is 0.792 bits per heavy atom. The molecule has 0 saturated heterocycles. The topological polar surface area (TPSA) is 3.24 Å². The SMILES string of the molecule is CC1(C)c2ccccc2-c2ccc(N(c3ccc(-c4ccccc4)cc3)c3ccccc3C3(c4ccccc4)c4ccccc4-c4ccccc43)cc21. The van der Waals surface area contributed by atoms with Gasteiger partial charge in [-0.15, -0.1) is 0 Å². The quantitative estimate of drug-likeness (QED) is 0.169. The largest absolute Gasteiger partial charge is 0.310 e. The highest BCUT2D eigenvalue weighted by Gasteiger charge is 2.47. The van der Waals surface area contributed by atoms with Crippen molar-refractivity contribution in [1.82, 2.24) is 0 Å². The van der Waals surface area contributed by atoms with Crippen LogP contribution in [0.3, 0.4) is 0 Å². The van der Waals surface area contributed by atoms with Crippen LogP contribution in [-0.2, 0) is 10.8 Å². The number of hydrogen-bond donors (Lipinski definition) is 0. The normalized spacial score (nSPS) is 14.2. The minimum atomic E-state index is -0.542. The van der Waals surface area contributed by atoms with Gasteiger partial charge >= 0.3 is 0 Å². The molecule has 1 nitrogen and oxygen atoms in total. The first-order chi connectivity index (χ1) is 26.1. The van der Waals surface area contributed by atoms with E-state index in [4.69, 9.17) is 0 Å². The van der Waals surface area contributed by atoms with Gasteiger partial charge in [-0.1, -0.05) is 184 Å². The Morgan fingerprint density at radius 3 is 1.43 bits per heavy atom. The van der Waals surface area contributed by atoms with Crippen LogP contribution in [0.15, 0.2) is 200 Å². The van der Waals surface area contributed by atoms with Gasteiger partial charge in [0.1, 0.15) is 0 Å². The lowest BCUT2D eigenvalue weighted by Gasteiger charge is -2.38. The molecule has 0 radical (unpaired) electrons. The third-order valence-electron chi connectivity index (χ3n) is 11.8. The lowest BCUT2D eigenvalue weighted by atomic mass is 9.67. The van der Waals surface area contributed by atoms with Crippen LogP contribution in [0.4, 0.5) is 17.1 Å². The van der Waals surface area contributed by atoms with Crippen molar-refractivity contribution in [3.63, 3.8) is 0 Å². The average Bonchev–Trinajstić information content (AvgIpc) is 3.65. The summed E-state index contributed by atoms with van der Waals surface area (Å²) in [6.45, 7) is 4.73. The number of anilines is 3. The summed E-state index contributed by atoms with van der Waals surface area (Å²) in [4.78, 5) is 2.50. The van der Waals surface area contributed by atoms with Crippen molar-refractivity contribution in [1.29, 1.82) is 0 Å². The Kier molecular flexibility index (Phi) is 7.13. The van der Waals surface area contributed by atoms with Crippen LogP contribution in [-0.4, -0.2) is 0 Å². The van der Waals surface area contributed by atoms with E-state index in [1.54, 1.807) is 0 Å². The molecule has 53 heavy (non-hydrogen) atoms. The van der Waals surface area contributed by atoms with Crippen LogP contribution in [0.1, 0.15) is 47.2 Å². The molecule has 1 heteroatoms. The van der Waals surface area contributed by atoms with Gasteiger partial charge in [-0.2, -0.15) is 0 Å². The fourth-order valence-electron chi connectivity index (χ4n) is 9.36. The lowest BCUT2D eigenvalue weighted by Crippen LogP contribution is -2.30. The first-order valence-corrected chi connectivity index (χ1v) is 18.6. The highest BCUT2D eigenvalue weighted by atomic mass is 15.1. The minimum Gasteiger partial charge on any atom is -0.310 e. The Morgan fingerprint density at radius 1 is 0.340 bits per heavy atom. The molecule has 0 amide bonds. The van der Waals surface area contributed by atoms with Gasteiger partial charge < -0.3 is 4.90 Å². The van der Waals surface area contributed by atoms with Crippen LogP contribution in [0.2, 0.25) is 0 Å². The Hall–Kier alpha value is -6.44. The highest BCUT2D eigenvalue weighted by Crippen LogP contribution is 2.59. The van der Waals surface area contributed by atoms with Crippen molar-refractivity contribution in [2.75, 3.05) is 4.90 Å². The third kappa shape index (κ3) is 4.64. The van der Waals surface area contributed by atoms with Crippen molar-refractivity contribution in [3.05, 3.63) is 234 Å². The van der Waals surface area contributed by atoms with E-state index in [9.17, 15) is 0 Å². The van der Waals surface area contributed by atoms with Crippen LogP contribution in [0.25, 0.3) is 33.4 Å². The molecule has 2 aliphatic carbocycles. The molecule has 0 fully saturated rings. The summed E-state index contributed by atoms with van der Waals surface area (Å²) in [5.74, 6) is 0. The maximum absolute atomic E-state index is 2.50. The third-order valence-corrected chi connectivity index (χ3v) is 11.8. The van der Waals surface area contributed by atoms with E-state index in [0.717, 1.165) is 17.1 Å². The Labute approximate surface area is 312 Å². The Balaban J connectivity index is 1.25. The van der Waals surface area contributed by atoms with E-state index in [0.29, 0.717) is 0 Å². The summed E-state index contributed by atoms with van der Waals surface area (Å²) in [5, 5.41) is 0. The molecule has 8 aromatic carbocycles. The lowest BCUT2D eigenvalue weighted by molar-refractivity contribution is 0.660. The van der Waals surface area contributed by atoms with E-state index in [-0.39, 0.29) is 5.41 Å². The van der Waals surface area contributed by atoms with Gasteiger partial charge in [0.2, 0.25) is 0 Å². The zero-order chi connectivity index (χ0) is 35.6. The molecule has 0 heterocycles. The molecular weight excluding hydrogens is 639 g/mol. The fraction of sp³-hybridized carbons (Fsp3) is 0.0769. The molecule has 0 aliphatic heterocycles. The fourth-order valence-corrected chi connectivity index (χ4v) is 9.36. The summed E-state index contributed by atoms with van der Waals surface area (Å²) < 4.78 is 0. The van der Waals surface area contributed by atoms with Crippen LogP contribution >= 0.6 is 0 Å². The second-order valence-corrected chi connectivity index (χ2v) is 14.9. The molecule has 0 unspecified atom stereocenters. The standard InChI is InChI=1S/C52H39N/c1-51(2)45-24-12-9-21-41(45)44-34-33-40(35-49(44)51)53(39-31-29-37(30-32-39)36-17-5-3-6-18-36)50-28-16-15-27-48(50)52(38-19-7-4-8-20-38)46-25-13-10-22-42(46)43-23-11-14-26-47(43)52/h3-35H,1-2H3. The van der Waals surface area contributed by atoms with Crippen LogP contribution in [0, 0.1) is 0 Å². The number of nitrogens with zero attached hydrogens (tertiary/aromatic N) is 1. The van der Waals surface area contributed by atoms with Crippen molar-refractivity contribution in [3.8, 4) is 33.4 Å². The van der Waals surface area contributed by atoms with Gasteiger partial charge in [0.05, 0.1) is 11.1 Å². The van der Waals surface area contributed by atoms with Gasteiger partial charge in [-0.25, -0.2) is 0 Å². The molecule has 0 atom stereocenters. The summed E-state index contributed by atoms with van der Waals surface area (Å²) in [5.41, 5.74) is 18.3. The molecule has 0 aromatic heterocycles. The summed E-state index contributed by atoms with van der Waals surface area (Å²) in [6, 6.07) is 74.0. The van der Waals surface area contributed by atoms with Crippen molar-refractivity contribution >= 4 is 17.1 Å². The molecule has 10 rings (SSSR count). The second-order valence-electron chi connectivity index (χ2n) is 14.9. The molecule has 8 aromatic rings. The van der Waals surface area contributed by atoms with Crippen molar-refractivity contribution < 1.29 is 0 Å². The molecule has 252 valence electrons. The zero-order valence-corrected chi connectivity index (χ0v) is 30.0. The number of hydrogen-bond acceptors (Lipinski definition) is 1. The molecule has 2 aliphatic rings. The van der Waals surface area contributed by atoms with Gasteiger partial charge in [0.15, 0.2) is 0 Å². The number of para-hydroxylation sites is 1. The van der Waals surface area contributed by atoms with Gasteiger partial charge in [0.25, 0.3) is 0 Å². The number of rotatable bonds is 6. The van der Waals surface area contributed by atoms with Crippen LogP contribution < -0.4 is 4.90 Å². The molecule has 0 spiro atoms. The van der Waals surface area contributed by atoms with E-state index in [1.165, 1.54) is 66.8 Å². The molecule has 0 saturated carbocycles. The van der Waals surface area contributed by atoms with E-state index in [1.807, 2.05) is 0 Å². The second kappa shape index (κ2) is 12.1. The predicted octanol–water partition coefficient (Wildman–Crippen LogP) is 13.5.